The van der Waals surface area contributed by atoms with Crippen LogP contribution in [0.25, 0.3) is 0 Å². The Kier molecular flexibility index (Phi) is 6.24. The average Bonchev–Trinajstić information content (AvgIpc) is 2.46. The summed E-state index contributed by atoms with van der Waals surface area (Å²) < 4.78 is 0. The molecule has 1 aromatic rings. The molecule has 0 aromatic heterocycles. The van der Waals surface area contributed by atoms with Gasteiger partial charge in [-0.25, -0.2) is 0 Å². The molecule has 122 valence electrons. The van der Waals surface area contributed by atoms with Gasteiger partial charge in [-0.2, -0.15) is 0 Å². The first-order chi connectivity index (χ1) is 10.5. The number of hydrogen-bond donors (Lipinski definition) is 1. The lowest BCUT2D eigenvalue weighted by molar-refractivity contribution is -0.134. The van der Waals surface area contributed by atoms with Crippen molar-refractivity contribution in [2.45, 2.75) is 32.9 Å². The highest BCUT2D eigenvalue weighted by molar-refractivity contribution is 6.30. The largest absolute Gasteiger partial charge is 0.339 e. The number of halogens is 1. The van der Waals surface area contributed by atoms with Gasteiger partial charge < -0.3 is 10.6 Å². The highest BCUT2D eigenvalue weighted by Gasteiger charge is 2.25. The predicted molar refractivity (Wildman–Crippen MR) is 90.7 cm³/mol. The molecule has 2 rings (SSSR count). The quantitative estimate of drug-likeness (QED) is 0.905. The number of benzene rings is 1. The number of nitrogens with two attached hydrogens (primary N) is 1. The van der Waals surface area contributed by atoms with Gasteiger partial charge >= 0.3 is 0 Å². The van der Waals surface area contributed by atoms with Crippen molar-refractivity contribution in [2.24, 2.45) is 11.7 Å². The highest BCUT2D eigenvalue weighted by atomic mass is 35.5. The summed E-state index contributed by atoms with van der Waals surface area (Å²) in [6, 6.07) is 7.58. The maximum atomic E-state index is 12.3. The molecule has 4 nitrogen and oxygen atoms in total. The first-order valence-electron chi connectivity index (χ1n) is 7.97. The molecule has 0 spiro atoms. The van der Waals surface area contributed by atoms with Crippen LogP contribution in [0.1, 0.15) is 25.8 Å². The Balaban J connectivity index is 1.81. The molecule has 2 N–H and O–H groups in total. The van der Waals surface area contributed by atoms with Crippen LogP contribution in [-0.2, 0) is 11.3 Å². The zero-order chi connectivity index (χ0) is 16.1. The van der Waals surface area contributed by atoms with Crippen molar-refractivity contribution < 1.29 is 4.79 Å². The average molecular weight is 324 g/mol. The van der Waals surface area contributed by atoms with Crippen molar-refractivity contribution in [1.29, 1.82) is 0 Å². The van der Waals surface area contributed by atoms with Gasteiger partial charge in [0.25, 0.3) is 0 Å². The third kappa shape index (κ3) is 4.97. The number of piperazine rings is 1. The number of hydrogen-bond acceptors (Lipinski definition) is 3. The molecular formula is C17H26ClN3O. The fourth-order valence-electron chi connectivity index (χ4n) is 2.86. The molecule has 0 radical (unpaired) electrons. The number of amides is 1. The van der Waals surface area contributed by atoms with Gasteiger partial charge in [0.15, 0.2) is 0 Å². The second kappa shape index (κ2) is 7.95. The molecule has 1 aliphatic rings. The van der Waals surface area contributed by atoms with E-state index in [2.05, 4.69) is 24.8 Å². The lowest BCUT2D eigenvalue weighted by Gasteiger charge is -2.36. The van der Waals surface area contributed by atoms with E-state index in [4.69, 9.17) is 17.3 Å². The zero-order valence-corrected chi connectivity index (χ0v) is 14.2. The molecule has 1 heterocycles. The second-order valence-corrected chi connectivity index (χ2v) is 6.90. The Morgan fingerprint density at radius 1 is 1.27 bits per heavy atom. The van der Waals surface area contributed by atoms with Gasteiger partial charge in [0.2, 0.25) is 5.91 Å². The molecule has 1 aliphatic heterocycles. The summed E-state index contributed by atoms with van der Waals surface area (Å²) in [5.41, 5.74) is 7.22. The molecule has 1 aromatic carbocycles. The monoisotopic (exact) mass is 323 g/mol. The van der Waals surface area contributed by atoms with Crippen molar-refractivity contribution in [1.82, 2.24) is 9.80 Å². The maximum Gasteiger partial charge on any atom is 0.239 e. The molecule has 0 saturated carbocycles. The van der Waals surface area contributed by atoms with Gasteiger partial charge in [-0.1, -0.05) is 37.6 Å². The fourth-order valence-corrected chi connectivity index (χ4v) is 3.08. The highest BCUT2D eigenvalue weighted by Crippen LogP contribution is 2.14. The van der Waals surface area contributed by atoms with Gasteiger partial charge in [0, 0.05) is 37.7 Å². The minimum atomic E-state index is -0.362. The van der Waals surface area contributed by atoms with E-state index in [0.29, 0.717) is 5.92 Å². The van der Waals surface area contributed by atoms with E-state index in [1.165, 1.54) is 5.56 Å². The van der Waals surface area contributed by atoms with Crippen LogP contribution in [0.5, 0.6) is 0 Å². The number of carbonyl (C=O) groups excluding carboxylic acids is 1. The third-order valence-corrected chi connectivity index (χ3v) is 4.26. The van der Waals surface area contributed by atoms with Crippen molar-refractivity contribution in [3.63, 3.8) is 0 Å². The van der Waals surface area contributed by atoms with Crippen molar-refractivity contribution in [2.75, 3.05) is 26.2 Å². The van der Waals surface area contributed by atoms with E-state index >= 15 is 0 Å². The second-order valence-electron chi connectivity index (χ2n) is 6.47. The van der Waals surface area contributed by atoms with Crippen LogP contribution in [0.15, 0.2) is 24.3 Å². The minimum Gasteiger partial charge on any atom is -0.339 e. The lowest BCUT2D eigenvalue weighted by atomic mass is 10.0. The Morgan fingerprint density at radius 3 is 2.55 bits per heavy atom. The van der Waals surface area contributed by atoms with E-state index < -0.39 is 0 Å². The van der Waals surface area contributed by atoms with Crippen molar-refractivity contribution >= 4 is 17.5 Å². The molecule has 5 heteroatoms. The summed E-state index contributed by atoms with van der Waals surface area (Å²) in [7, 11) is 0. The van der Waals surface area contributed by atoms with Crippen LogP contribution in [0, 0.1) is 5.92 Å². The third-order valence-electron chi connectivity index (χ3n) is 4.02. The van der Waals surface area contributed by atoms with E-state index in [9.17, 15) is 4.79 Å². The van der Waals surface area contributed by atoms with E-state index in [1.54, 1.807) is 0 Å². The molecule has 1 atom stereocenters. The molecule has 1 fully saturated rings. The first-order valence-corrected chi connectivity index (χ1v) is 8.34. The zero-order valence-electron chi connectivity index (χ0n) is 13.5. The van der Waals surface area contributed by atoms with Crippen LogP contribution < -0.4 is 5.73 Å². The lowest BCUT2D eigenvalue weighted by Crippen LogP contribution is -2.53. The summed E-state index contributed by atoms with van der Waals surface area (Å²) in [5.74, 6) is 0.541. The van der Waals surface area contributed by atoms with Gasteiger partial charge in [0.1, 0.15) is 0 Å². The van der Waals surface area contributed by atoms with Crippen LogP contribution >= 0.6 is 11.6 Å². The van der Waals surface area contributed by atoms with E-state index in [0.717, 1.165) is 44.2 Å². The Bertz CT molecular complexity index is 498. The normalized spacial score (nSPS) is 17.8. The number of nitrogens with zero attached hydrogens (tertiary/aromatic N) is 2. The summed E-state index contributed by atoms with van der Waals surface area (Å²) >= 11 is 6.02. The van der Waals surface area contributed by atoms with Gasteiger partial charge in [-0.05, 0) is 30.0 Å². The van der Waals surface area contributed by atoms with Gasteiger partial charge in [0.05, 0.1) is 6.04 Å². The standard InChI is InChI=1S/C17H26ClN3O/c1-13(2)10-16(19)17(22)21-8-6-20(7-9-21)12-14-4-3-5-15(18)11-14/h3-5,11,13,16H,6-10,12,19H2,1-2H3/t16-/m0/s1. The molecule has 0 unspecified atom stereocenters. The van der Waals surface area contributed by atoms with Crippen molar-refractivity contribution in [3.05, 3.63) is 34.9 Å². The van der Waals surface area contributed by atoms with Crippen LogP contribution in [0.2, 0.25) is 5.02 Å². The topological polar surface area (TPSA) is 49.6 Å². The van der Waals surface area contributed by atoms with E-state index in [1.807, 2.05) is 23.1 Å². The Hall–Kier alpha value is -1.10. The molecular weight excluding hydrogens is 298 g/mol. The molecule has 1 amide bonds. The minimum absolute atomic E-state index is 0.0936. The molecule has 22 heavy (non-hydrogen) atoms. The van der Waals surface area contributed by atoms with E-state index in [-0.39, 0.29) is 11.9 Å². The van der Waals surface area contributed by atoms with Crippen LogP contribution in [-0.4, -0.2) is 47.9 Å². The van der Waals surface area contributed by atoms with Gasteiger partial charge in [-0.3, -0.25) is 9.69 Å². The summed E-state index contributed by atoms with van der Waals surface area (Å²) in [5, 5.41) is 0.769. The SMILES string of the molecule is CC(C)C[C@H](N)C(=O)N1CCN(Cc2cccc(Cl)c2)CC1. The maximum absolute atomic E-state index is 12.3. The molecule has 0 bridgehead atoms. The predicted octanol–water partition coefficient (Wildman–Crippen LogP) is 2.36. The number of carbonyl (C=O) groups is 1. The number of rotatable bonds is 5. The smallest absolute Gasteiger partial charge is 0.239 e. The van der Waals surface area contributed by atoms with Crippen molar-refractivity contribution in [3.8, 4) is 0 Å². The Morgan fingerprint density at radius 2 is 1.95 bits per heavy atom. The summed E-state index contributed by atoms with van der Waals surface area (Å²) in [6.45, 7) is 8.34. The Labute approximate surface area is 138 Å². The van der Waals surface area contributed by atoms with Gasteiger partial charge in [-0.15, -0.1) is 0 Å². The fraction of sp³-hybridized carbons (Fsp3) is 0.588. The summed E-state index contributed by atoms with van der Waals surface area (Å²) in [4.78, 5) is 16.6. The van der Waals surface area contributed by atoms with Crippen LogP contribution in [0.4, 0.5) is 0 Å². The van der Waals surface area contributed by atoms with Crippen LogP contribution in [0.3, 0.4) is 0 Å². The summed E-state index contributed by atoms with van der Waals surface area (Å²) in [6.07, 6.45) is 0.752. The molecule has 1 saturated heterocycles. The molecule has 0 aliphatic carbocycles. The first kappa shape index (κ1) is 17.3.